The number of thiazole rings is 1. The fraction of sp³-hybridized carbons (Fsp3) is 0.0526. The standard InChI is InChI=1S/C19H13FN4O2S/c20-14-8-12(5-6-16(14)24-11-21-10-22-24)7-13(9-18(25)26)19-23-15-3-1-2-4-17(15)27-19/h1-8,10-11H,9H2,(H,25,26). The summed E-state index contributed by atoms with van der Waals surface area (Å²) in [4.78, 5) is 19.6. The highest BCUT2D eigenvalue weighted by Crippen LogP contribution is 2.30. The highest BCUT2D eigenvalue weighted by molar-refractivity contribution is 7.19. The summed E-state index contributed by atoms with van der Waals surface area (Å²) in [6, 6.07) is 12.2. The zero-order chi connectivity index (χ0) is 18.8. The number of benzene rings is 2. The second-order valence-electron chi connectivity index (χ2n) is 5.78. The molecule has 134 valence electrons. The zero-order valence-corrected chi connectivity index (χ0v) is 14.7. The lowest BCUT2D eigenvalue weighted by atomic mass is 10.1. The van der Waals surface area contributed by atoms with E-state index in [0.29, 0.717) is 16.1 Å². The molecule has 0 bridgehead atoms. The van der Waals surface area contributed by atoms with Gasteiger partial charge in [0, 0.05) is 0 Å². The van der Waals surface area contributed by atoms with Gasteiger partial charge in [-0.15, -0.1) is 11.3 Å². The van der Waals surface area contributed by atoms with Gasteiger partial charge < -0.3 is 5.11 Å². The van der Waals surface area contributed by atoms with Crippen molar-refractivity contribution in [3.8, 4) is 5.69 Å². The zero-order valence-electron chi connectivity index (χ0n) is 13.9. The number of carboxylic acids is 1. The number of halogens is 1. The van der Waals surface area contributed by atoms with Crippen LogP contribution in [0.5, 0.6) is 0 Å². The molecule has 2 heterocycles. The molecule has 0 atom stereocenters. The molecule has 4 aromatic rings. The van der Waals surface area contributed by atoms with Crippen molar-refractivity contribution in [3.05, 3.63) is 71.5 Å². The van der Waals surface area contributed by atoms with Crippen LogP contribution in [0.25, 0.3) is 27.6 Å². The van der Waals surface area contributed by atoms with Gasteiger partial charge in [0.1, 0.15) is 29.2 Å². The second-order valence-corrected chi connectivity index (χ2v) is 6.81. The van der Waals surface area contributed by atoms with Crippen LogP contribution < -0.4 is 0 Å². The average Bonchev–Trinajstić information content (AvgIpc) is 3.30. The first kappa shape index (κ1) is 17.0. The van der Waals surface area contributed by atoms with E-state index in [1.54, 1.807) is 18.2 Å². The number of nitrogens with zero attached hydrogens (tertiary/aromatic N) is 4. The quantitative estimate of drug-likeness (QED) is 0.565. The van der Waals surface area contributed by atoms with Crippen molar-refractivity contribution in [3.63, 3.8) is 0 Å². The fourth-order valence-corrected chi connectivity index (χ4v) is 3.67. The van der Waals surface area contributed by atoms with Crippen LogP contribution in [0.4, 0.5) is 4.39 Å². The van der Waals surface area contributed by atoms with Crippen molar-refractivity contribution in [2.75, 3.05) is 0 Å². The molecule has 27 heavy (non-hydrogen) atoms. The predicted molar refractivity (Wildman–Crippen MR) is 101 cm³/mol. The van der Waals surface area contributed by atoms with Crippen LogP contribution in [0.2, 0.25) is 0 Å². The van der Waals surface area contributed by atoms with E-state index in [1.807, 2.05) is 24.3 Å². The minimum Gasteiger partial charge on any atom is -0.481 e. The van der Waals surface area contributed by atoms with Gasteiger partial charge in [0.2, 0.25) is 0 Å². The summed E-state index contributed by atoms with van der Waals surface area (Å²) in [5, 5.41) is 13.8. The third-order valence-electron chi connectivity index (χ3n) is 3.89. The molecular formula is C19H13FN4O2S. The van der Waals surface area contributed by atoms with Gasteiger partial charge in [-0.25, -0.2) is 19.0 Å². The number of aliphatic carboxylic acids is 1. The van der Waals surface area contributed by atoms with E-state index in [0.717, 1.165) is 10.2 Å². The van der Waals surface area contributed by atoms with Gasteiger partial charge in [-0.3, -0.25) is 4.79 Å². The maximum atomic E-state index is 14.4. The molecule has 8 heteroatoms. The van der Waals surface area contributed by atoms with E-state index in [4.69, 9.17) is 0 Å². The number of rotatable bonds is 5. The Morgan fingerprint density at radius 3 is 2.81 bits per heavy atom. The van der Waals surface area contributed by atoms with E-state index in [-0.39, 0.29) is 12.1 Å². The van der Waals surface area contributed by atoms with E-state index in [1.165, 1.54) is 34.7 Å². The van der Waals surface area contributed by atoms with Crippen LogP contribution >= 0.6 is 11.3 Å². The monoisotopic (exact) mass is 380 g/mol. The van der Waals surface area contributed by atoms with Crippen LogP contribution in [0, 0.1) is 5.82 Å². The topological polar surface area (TPSA) is 80.9 Å². The van der Waals surface area contributed by atoms with E-state index in [9.17, 15) is 14.3 Å². The molecule has 1 N–H and O–H groups in total. The number of fused-ring (bicyclic) bond motifs is 1. The highest BCUT2D eigenvalue weighted by atomic mass is 32.1. The van der Waals surface area contributed by atoms with Gasteiger partial charge in [0.15, 0.2) is 0 Å². The Kier molecular flexibility index (Phi) is 4.47. The summed E-state index contributed by atoms with van der Waals surface area (Å²) in [7, 11) is 0. The fourth-order valence-electron chi connectivity index (χ4n) is 2.69. The maximum absolute atomic E-state index is 14.4. The van der Waals surface area contributed by atoms with Gasteiger partial charge in [-0.2, -0.15) is 5.10 Å². The van der Waals surface area contributed by atoms with E-state index in [2.05, 4.69) is 15.1 Å². The lowest BCUT2D eigenvalue weighted by molar-refractivity contribution is -0.135. The number of carbonyl (C=O) groups is 1. The molecule has 0 spiro atoms. The van der Waals surface area contributed by atoms with E-state index >= 15 is 0 Å². The van der Waals surface area contributed by atoms with Gasteiger partial charge in [0.25, 0.3) is 0 Å². The largest absolute Gasteiger partial charge is 0.481 e. The lowest BCUT2D eigenvalue weighted by Crippen LogP contribution is -1.99. The number of carboxylic acid groups (broad SMARTS) is 1. The van der Waals surface area contributed by atoms with Crippen LogP contribution in [-0.2, 0) is 4.79 Å². The number of aromatic nitrogens is 4. The Balaban J connectivity index is 1.75. The third-order valence-corrected chi connectivity index (χ3v) is 5.00. The van der Waals surface area contributed by atoms with Gasteiger partial charge in [-0.05, 0) is 41.5 Å². The first-order valence-corrected chi connectivity index (χ1v) is 8.84. The van der Waals surface area contributed by atoms with E-state index < -0.39 is 11.8 Å². The Bertz CT molecular complexity index is 1120. The molecular weight excluding hydrogens is 367 g/mol. The number of hydrogen-bond donors (Lipinski definition) is 1. The maximum Gasteiger partial charge on any atom is 0.307 e. The molecule has 6 nitrogen and oxygen atoms in total. The van der Waals surface area contributed by atoms with Gasteiger partial charge >= 0.3 is 5.97 Å². The normalized spacial score (nSPS) is 11.8. The Morgan fingerprint density at radius 2 is 2.11 bits per heavy atom. The van der Waals surface area contributed by atoms with Crippen molar-refractivity contribution in [1.82, 2.24) is 19.7 Å². The Morgan fingerprint density at radius 1 is 1.26 bits per heavy atom. The highest BCUT2D eigenvalue weighted by Gasteiger charge is 2.13. The summed E-state index contributed by atoms with van der Waals surface area (Å²) in [6.45, 7) is 0. The number of hydrogen-bond acceptors (Lipinski definition) is 5. The van der Waals surface area contributed by atoms with Gasteiger partial charge in [0.05, 0.1) is 16.6 Å². The molecule has 2 aromatic carbocycles. The molecule has 0 unspecified atom stereocenters. The smallest absolute Gasteiger partial charge is 0.307 e. The first-order chi connectivity index (χ1) is 13.1. The third kappa shape index (κ3) is 3.61. The minimum atomic E-state index is -0.972. The Labute approximate surface area is 157 Å². The van der Waals surface area contributed by atoms with Gasteiger partial charge in [-0.1, -0.05) is 18.2 Å². The summed E-state index contributed by atoms with van der Waals surface area (Å²) in [6.07, 6.45) is 4.18. The molecule has 0 amide bonds. The molecule has 0 saturated carbocycles. The molecule has 4 rings (SSSR count). The van der Waals surface area contributed by atoms with Crippen molar-refractivity contribution in [2.45, 2.75) is 6.42 Å². The molecule has 2 aromatic heterocycles. The van der Waals surface area contributed by atoms with Crippen LogP contribution in [0.3, 0.4) is 0 Å². The molecule has 0 saturated heterocycles. The average molecular weight is 380 g/mol. The summed E-state index contributed by atoms with van der Waals surface area (Å²) in [5.41, 5.74) is 2.15. The van der Waals surface area contributed by atoms with Crippen molar-refractivity contribution in [1.29, 1.82) is 0 Å². The molecule has 0 aliphatic heterocycles. The minimum absolute atomic E-state index is 0.202. The summed E-state index contributed by atoms with van der Waals surface area (Å²) >= 11 is 1.41. The SMILES string of the molecule is O=C(O)CC(=Cc1ccc(-n2cncn2)c(F)c1)c1nc2ccccc2s1. The van der Waals surface area contributed by atoms with Crippen molar-refractivity contribution >= 4 is 39.2 Å². The summed E-state index contributed by atoms with van der Waals surface area (Å²) < 4.78 is 16.7. The van der Waals surface area contributed by atoms with Crippen molar-refractivity contribution < 1.29 is 14.3 Å². The molecule has 0 aliphatic carbocycles. The first-order valence-electron chi connectivity index (χ1n) is 8.03. The molecule has 0 radical (unpaired) electrons. The lowest BCUT2D eigenvalue weighted by Gasteiger charge is -2.05. The number of para-hydroxylation sites is 1. The summed E-state index contributed by atoms with van der Waals surface area (Å²) in [5.74, 6) is -1.45. The molecule has 0 fully saturated rings. The second kappa shape index (κ2) is 7.08. The Hall–Kier alpha value is -3.39. The van der Waals surface area contributed by atoms with Crippen LogP contribution in [-0.4, -0.2) is 30.8 Å². The van der Waals surface area contributed by atoms with Crippen LogP contribution in [0.1, 0.15) is 17.0 Å². The molecule has 0 aliphatic rings. The van der Waals surface area contributed by atoms with Crippen molar-refractivity contribution in [2.24, 2.45) is 0 Å². The predicted octanol–water partition coefficient (Wildman–Crippen LogP) is 4.03. The van der Waals surface area contributed by atoms with Crippen LogP contribution in [0.15, 0.2) is 55.1 Å².